The van der Waals surface area contributed by atoms with Crippen LogP contribution in [0.15, 0.2) is 132 Å². The molecule has 5 aromatic rings. The summed E-state index contributed by atoms with van der Waals surface area (Å²) >= 11 is 0. The van der Waals surface area contributed by atoms with E-state index in [9.17, 15) is 51.3 Å². The lowest BCUT2D eigenvalue weighted by Crippen LogP contribution is -2.66. The van der Waals surface area contributed by atoms with Crippen molar-refractivity contribution in [1.29, 1.82) is 0 Å². The van der Waals surface area contributed by atoms with Gasteiger partial charge in [0.1, 0.15) is 5.75 Å². The molecule has 352 valence electrons. The number of imide groups is 1. The SMILES string of the molecule is Cc1cc(/C=C(/CC[C@@H](O)C2=C(CO[Si](c3ccccc3)(c3ccccc3)C(C)(C)C)C[C@H]3C(=O)N(c4cc(C(F)(F)F)cc(C(F)(F)F)c4)C(=O)[C@H]3[C@H]2CO)c2ccccc2)cc(C)c1O. The number of halogens is 6. The molecule has 14 heteroatoms. The van der Waals surface area contributed by atoms with E-state index >= 15 is 0 Å². The van der Waals surface area contributed by atoms with Crippen LogP contribution in [-0.2, 0) is 26.4 Å². The molecular formula is C53H53F6NO6Si. The smallest absolute Gasteiger partial charge is 0.416 e. The highest BCUT2D eigenvalue weighted by Crippen LogP contribution is 2.49. The molecule has 67 heavy (non-hydrogen) atoms. The Bertz CT molecular complexity index is 2580. The lowest BCUT2D eigenvalue weighted by molar-refractivity contribution is -0.143. The Morgan fingerprint density at radius 2 is 1.28 bits per heavy atom. The molecule has 0 unspecified atom stereocenters. The molecule has 5 aromatic carbocycles. The average Bonchev–Trinajstić information content (AvgIpc) is 3.54. The summed E-state index contributed by atoms with van der Waals surface area (Å²) in [6, 6.07) is 33.1. The van der Waals surface area contributed by atoms with E-state index in [0.29, 0.717) is 33.7 Å². The van der Waals surface area contributed by atoms with E-state index in [0.717, 1.165) is 27.1 Å². The zero-order chi connectivity index (χ0) is 48.6. The minimum atomic E-state index is -5.25. The maximum absolute atomic E-state index is 14.5. The molecule has 2 amide bonds. The van der Waals surface area contributed by atoms with E-state index in [-0.39, 0.29) is 43.3 Å². The number of aryl methyl sites for hydroxylation is 2. The second kappa shape index (κ2) is 19.1. The number of aliphatic hydroxyl groups is 2. The first-order valence-electron chi connectivity index (χ1n) is 22.1. The molecule has 4 atom stereocenters. The molecule has 2 aliphatic rings. The third-order valence-electron chi connectivity index (χ3n) is 13.1. The highest BCUT2D eigenvalue weighted by atomic mass is 28.4. The van der Waals surface area contributed by atoms with Crippen molar-refractivity contribution >= 4 is 47.8 Å². The van der Waals surface area contributed by atoms with Gasteiger partial charge in [-0.3, -0.25) is 9.59 Å². The molecule has 7 rings (SSSR count). The third kappa shape index (κ3) is 9.81. The summed E-state index contributed by atoms with van der Waals surface area (Å²) in [6.07, 6.45) is -9.85. The number of phenolic OH excluding ortho intramolecular Hbond substituents is 1. The number of carbonyl (C=O) groups is 2. The van der Waals surface area contributed by atoms with Gasteiger partial charge in [-0.05, 0) is 118 Å². The van der Waals surface area contributed by atoms with Crippen LogP contribution in [0.25, 0.3) is 11.6 Å². The minimum Gasteiger partial charge on any atom is -0.507 e. The second-order valence-corrected chi connectivity index (χ2v) is 22.8. The van der Waals surface area contributed by atoms with Crippen LogP contribution < -0.4 is 15.3 Å². The largest absolute Gasteiger partial charge is 0.507 e. The van der Waals surface area contributed by atoms with E-state index in [4.69, 9.17) is 4.43 Å². The summed E-state index contributed by atoms with van der Waals surface area (Å²) in [6.45, 7) is 8.80. The Labute approximate surface area is 387 Å². The normalized spacial score (nSPS) is 19.0. The number of phenols is 1. The van der Waals surface area contributed by atoms with Crippen LogP contribution >= 0.6 is 0 Å². The van der Waals surface area contributed by atoms with Crippen molar-refractivity contribution in [2.24, 2.45) is 17.8 Å². The Kier molecular flexibility index (Phi) is 14.0. The second-order valence-electron chi connectivity index (χ2n) is 18.5. The number of aromatic hydroxyl groups is 1. The molecule has 0 radical (unpaired) electrons. The summed E-state index contributed by atoms with van der Waals surface area (Å²) in [7, 11) is -3.33. The molecule has 0 aromatic heterocycles. The van der Waals surface area contributed by atoms with E-state index in [1.807, 2.05) is 109 Å². The molecular weight excluding hydrogens is 889 g/mol. The van der Waals surface area contributed by atoms with Crippen molar-refractivity contribution in [2.45, 2.75) is 77.4 Å². The van der Waals surface area contributed by atoms with Crippen LogP contribution in [0.5, 0.6) is 5.75 Å². The van der Waals surface area contributed by atoms with Crippen molar-refractivity contribution in [2.75, 3.05) is 18.1 Å². The third-order valence-corrected chi connectivity index (χ3v) is 18.1. The summed E-state index contributed by atoms with van der Waals surface area (Å²) in [5.41, 5.74) is 0.138. The van der Waals surface area contributed by atoms with Crippen molar-refractivity contribution in [3.8, 4) is 5.75 Å². The molecule has 1 fully saturated rings. The van der Waals surface area contributed by atoms with Gasteiger partial charge in [-0.15, -0.1) is 0 Å². The molecule has 1 saturated heterocycles. The van der Waals surface area contributed by atoms with Crippen LogP contribution in [0.4, 0.5) is 32.0 Å². The Balaban J connectivity index is 1.35. The van der Waals surface area contributed by atoms with E-state index in [2.05, 4.69) is 20.8 Å². The number of allylic oxidation sites excluding steroid dienone is 1. The van der Waals surface area contributed by atoms with Gasteiger partial charge in [0.05, 0.1) is 48.0 Å². The van der Waals surface area contributed by atoms with Gasteiger partial charge in [-0.25, -0.2) is 4.90 Å². The van der Waals surface area contributed by atoms with Crippen molar-refractivity contribution in [1.82, 2.24) is 0 Å². The number of hydrogen-bond donors (Lipinski definition) is 3. The molecule has 0 saturated carbocycles. The van der Waals surface area contributed by atoms with E-state index in [1.54, 1.807) is 13.8 Å². The van der Waals surface area contributed by atoms with Crippen LogP contribution in [-0.4, -0.2) is 54.8 Å². The zero-order valence-corrected chi connectivity index (χ0v) is 38.8. The topological polar surface area (TPSA) is 107 Å². The first-order chi connectivity index (χ1) is 31.6. The van der Waals surface area contributed by atoms with Gasteiger partial charge in [-0.1, -0.05) is 118 Å². The van der Waals surface area contributed by atoms with Crippen LogP contribution in [0.3, 0.4) is 0 Å². The van der Waals surface area contributed by atoms with E-state index in [1.165, 1.54) is 0 Å². The summed E-state index contributed by atoms with van der Waals surface area (Å²) in [5, 5.41) is 35.6. The van der Waals surface area contributed by atoms with Gasteiger partial charge < -0.3 is 19.7 Å². The van der Waals surface area contributed by atoms with Crippen molar-refractivity contribution < 1.29 is 55.7 Å². The molecule has 1 aliphatic carbocycles. The number of hydrogen-bond acceptors (Lipinski definition) is 6. The van der Waals surface area contributed by atoms with Crippen LogP contribution in [0.2, 0.25) is 5.04 Å². The lowest BCUT2D eigenvalue weighted by Gasteiger charge is -2.44. The number of nitrogens with zero attached hydrogens (tertiary/aromatic N) is 1. The number of carbonyl (C=O) groups excluding carboxylic acids is 2. The summed E-state index contributed by atoms with van der Waals surface area (Å²) < 4.78 is 91.9. The number of benzene rings is 5. The van der Waals surface area contributed by atoms with Crippen LogP contribution in [0.1, 0.15) is 73.4 Å². The highest BCUT2D eigenvalue weighted by molar-refractivity contribution is 6.99. The maximum atomic E-state index is 14.5. The standard InChI is InChI=1S/C53H53F6NO6Si/c1-32-23-34(24-33(2)48(32)63)25-36(35-15-9-6-10-16-35)21-22-45(62)46-37(31-66-67(51(3,4)5,41-17-11-7-12-18-41)42-19-13-8-14-20-42)26-43-47(44(46)30-61)50(65)60(49(43)64)40-28-38(52(54,55)56)27-39(29-40)53(57,58)59/h6-20,23-25,27-29,43-45,47,61-63H,21-22,26,30-31H2,1-5H3/b36-25-/t43-,44+,45-,47-/m1/s1. The van der Waals surface area contributed by atoms with Gasteiger partial charge in [-0.2, -0.15) is 26.3 Å². The average molecular weight is 942 g/mol. The van der Waals surface area contributed by atoms with Crippen LogP contribution in [0, 0.1) is 31.6 Å². The van der Waals surface area contributed by atoms with Gasteiger partial charge >= 0.3 is 12.4 Å². The van der Waals surface area contributed by atoms with Crippen molar-refractivity contribution in [3.05, 3.63) is 166 Å². The fourth-order valence-corrected chi connectivity index (χ4v) is 14.6. The molecule has 3 N–H and O–H groups in total. The highest BCUT2D eigenvalue weighted by Gasteiger charge is 2.57. The number of amides is 2. The molecule has 0 bridgehead atoms. The zero-order valence-electron chi connectivity index (χ0n) is 37.8. The predicted molar refractivity (Wildman–Crippen MR) is 249 cm³/mol. The number of fused-ring (bicyclic) bond motifs is 1. The van der Waals surface area contributed by atoms with Gasteiger partial charge in [0, 0.05) is 5.92 Å². The van der Waals surface area contributed by atoms with Gasteiger partial charge in [0.25, 0.3) is 8.32 Å². The number of alkyl halides is 6. The van der Waals surface area contributed by atoms with Gasteiger partial charge in [0.2, 0.25) is 11.8 Å². The molecule has 7 nitrogen and oxygen atoms in total. The fourth-order valence-electron chi connectivity index (χ4n) is 10.0. The Morgan fingerprint density at radius 3 is 1.76 bits per heavy atom. The fraction of sp³-hybridized carbons (Fsp3) is 0.321. The number of aliphatic hydroxyl groups excluding tert-OH is 2. The van der Waals surface area contributed by atoms with E-state index < -0.39 is 84.8 Å². The minimum absolute atomic E-state index is 0.0388. The first kappa shape index (κ1) is 49.1. The maximum Gasteiger partial charge on any atom is 0.416 e. The predicted octanol–water partition coefficient (Wildman–Crippen LogP) is 10.4. The Hall–Kier alpha value is -5.80. The molecule has 0 spiro atoms. The summed E-state index contributed by atoms with van der Waals surface area (Å²) in [4.78, 5) is 29.4. The monoisotopic (exact) mass is 941 g/mol. The van der Waals surface area contributed by atoms with Gasteiger partial charge in [0.15, 0.2) is 0 Å². The number of rotatable bonds is 13. The van der Waals surface area contributed by atoms with Crippen molar-refractivity contribution in [3.63, 3.8) is 0 Å². The molecule has 1 aliphatic heterocycles. The molecule has 1 heterocycles. The number of anilines is 1. The summed E-state index contributed by atoms with van der Waals surface area (Å²) in [5.74, 6) is -5.95. The lowest BCUT2D eigenvalue weighted by atomic mass is 9.68. The quantitative estimate of drug-likeness (QED) is 0.0357. The Morgan fingerprint density at radius 1 is 0.776 bits per heavy atom. The first-order valence-corrected chi connectivity index (χ1v) is 24.0.